The lowest BCUT2D eigenvalue weighted by molar-refractivity contribution is -0.0348. The zero-order chi connectivity index (χ0) is 29.2. The van der Waals surface area contributed by atoms with Crippen LogP contribution in [-0.2, 0) is 9.47 Å². The lowest BCUT2D eigenvalue weighted by Crippen LogP contribution is -2.24. The molecule has 1 heterocycles. The van der Waals surface area contributed by atoms with Crippen LogP contribution in [0, 0.1) is 29.2 Å². The Hall–Kier alpha value is -3.32. The van der Waals surface area contributed by atoms with Crippen molar-refractivity contribution in [2.75, 3.05) is 19.8 Å². The molecule has 0 aromatic heterocycles. The van der Waals surface area contributed by atoms with E-state index in [4.69, 9.17) is 14.2 Å². The van der Waals surface area contributed by atoms with Crippen molar-refractivity contribution in [3.8, 4) is 28.0 Å². The van der Waals surface area contributed by atoms with Crippen LogP contribution in [0.3, 0.4) is 0 Å². The average molecular weight is 571 g/mol. The molecule has 3 nitrogen and oxygen atoms in total. The molecular weight excluding hydrogens is 532 g/mol. The Morgan fingerprint density at radius 2 is 1.44 bits per heavy atom. The van der Waals surface area contributed by atoms with Gasteiger partial charge in [0.15, 0.2) is 23.2 Å². The van der Waals surface area contributed by atoms with Gasteiger partial charge >= 0.3 is 0 Å². The summed E-state index contributed by atoms with van der Waals surface area (Å²) in [6.07, 6.45) is 9.40. The smallest absolute Gasteiger partial charge is 0.201 e. The molecule has 2 unspecified atom stereocenters. The second kappa shape index (κ2) is 15.1. The first kappa shape index (κ1) is 30.6. The van der Waals surface area contributed by atoms with E-state index < -0.39 is 29.4 Å². The number of hydrogen-bond donors (Lipinski definition) is 0. The van der Waals surface area contributed by atoms with Crippen LogP contribution in [0.4, 0.5) is 17.6 Å². The zero-order valence-electron chi connectivity index (χ0n) is 23.7. The van der Waals surface area contributed by atoms with Gasteiger partial charge in [0.25, 0.3) is 0 Å². The van der Waals surface area contributed by atoms with Gasteiger partial charge in [-0.15, -0.1) is 0 Å². The maximum atomic E-state index is 15.2. The molecule has 0 aliphatic carbocycles. The molecule has 3 aromatic rings. The van der Waals surface area contributed by atoms with Crippen molar-refractivity contribution >= 4 is 0 Å². The van der Waals surface area contributed by atoms with Crippen molar-refractivity contribution in [1.82, 2.24) is 0 Å². The first-order chi connectivity index (χ1) is 19.9. The van der Waals surface area contributed by atoms with E-state index in [0.29, 0.717) is 37.4 Å². The van der Waals surface area contributed by atoms with Crippen molar-refractivity contribution in [3.63, 3.8) is 0 Å². The summed E-state index contributed by atoms with van der Waals surface area (Å²) >= 11 is 0. The minimum Gasteiger partial charge on any atom is -0.501 e. The quantitative estimate of drug-likeness (QED) is 0.116. The fraction of sp³-hybridized carbons (Fsp3) is 0.412. The largest absolute Gasteiger partial charge is 0.501 e. The van der Waals surface area contributed by atoms with Crippen LogP contribution in [0.5, 0.6) is 5.75 Å². The average Bonchev–Trinajstić information content (AvgIpc) is 2.99. The summed E-state index contributed by atoms with van der Waals surface area (Å²) in [6.45, 7) is 5.27. The van der Waals surface area contributed by atoms with Crippen LogP contribution in [-0.4, -0.2) is 19.8 Å². The monoisotopic (exact) mass is 570 g/mol. The highest BCUT2D eigenvalue weighted by molar-refractivity contribution is 5.71. The van der Waals surface area contributed by atoms with Gasteiger partial charge in [-0.3, -0.25) is 0 Å². The van der Waals surface area contributed by atoms with E-state index in [0.717, 1.165) is 38.5 Å². The van der Waals surface area contributed by atoms with Crippen molar-refractivity contribution in [3.05, 3.63) is 89.7 Å². The number of ether oxygens (including phenoxy) is 3. The summed E-state index contributed by atoms with van der Waals surface area (Å²) in [4.78, 5) is 0. The minimum atomic E-state index is -1.04. The highest BCUT2D eigenvalue weighted by atomic mass is 19.2. The summed E-state index contributed by atoms with van der Waals surface area (Å²) in [7, 11) is 0. The Bertz CT molecular complexity index is 1300. The third-order valence-corrected chi connectivity index (χ3v) is 7.45. The number of unbranched alkanes of at least 4 members (excludes halogenated alkanes) is 4. The van der Waals surface area contributed by atoms with Crippen LogP contribution >= 0.6 is 0 Å². The van der Waals surface area contributed by atoms with E-state index in [1.54, 1.807) is 36.6 Å². The van der Waals surface area contributed by atoms with Crippen LogP contribution in [0.15, 0.2) is 60.9 Å². The predicted molar refractivity (Wildman–Crippen MR) is 154 cm³/mol. The third kappa shape index (κ3) is 7.70. The molecule has 1 saturated heterocycles. The maximum Gasteiger partial charge on any atom is 0.201 e. The summed E-state index contributed by atoms with van der Waals surface area (Å²) in [5.74, 6) is -3.86. The maximum absolute atomic E-state index is 15.2. The van der Waals surface area contributed by atoms with Crippen molar-refractivity contribution in [1.29, 1.82) is 0 Å². The number of hydrogen-bond acceptors (Lipinski definition) is 3. The van der Waals surface area contributed by atoms with Gasteiger partial charge in [-0.2, -0.15) is 4.39 Å². The third-order valence-electron chi connectivity index (χ3n) is 7.45. The Morgan fingerprint density at radius 1 is 0.780 bits per heavy atom. The molecular formula is C34H38F4O3. The molecule has 0 saturated carbocycles. The highest BCUT2D eigenvalue weighted by Gasteiger charge is 2.27. The van der Waals surface area contributed by atoms with Gasteiger partial charge in [0, 0.05) is 22.6 Å². The Labute approximate surface area is 240 Å². The lowest BCUT2D eigenvalue weighted by atomic mass is 9.93. The van der Waals surface area contributed by atoms with E-state index in [1.807, 2.05) is 13.0 Å². The topological polar surface area (TPSA) is 27.7 Å². The van der Waals surface area contributed by atoms with Gasteiger partial charge in [0.2, 0.25) is 5.82 Å². The summed E-state index contributed by atoms with van der Waals surface area (Å²) < 4.78 is 76.6. The van der Waals surface area contributed by atoms with Crippen molar-refractivity contribution in [2.45, 2.75) is 64.9 Å². The second-order valence-corrected chi connectivity index (χ2v) is 10.5. The number of halogens is 4. The van der Waals surface area contributed by atoms with E-state index in [1.165, 1.54) is 18.2 Å². The van der Waals surface area contributed by atoms with E-state index in [2.05, 4.69) is 6.92 Å². The second-order valence-electron chi connectivity index (χ2n) is 10.5. The van der Waals surface area contributed by atoms with E-state index in [9.17, 15) is 8.78 Å². The predicted octanol–water partition coefficient (Wildman–Crippen LogP) is 9.94. The fourth-order valence-corrected chi connectivity index (χ4v) is 5.09. The van der Waals surface area contributed by atoms with Crippen molar-refractivity contribution in [2.24, 2.45) is 5.92 Å². The highest BCUT2D eigenvalue weighted by Crippen LogP contribution is 2.37. The molecule has 220 valence electrons. The van der Waals surface area contributed by atoms with E-state index >= 15 is 8.78 Å². The summed E-state index contributed by atoms with van der Waals surface area (Å²) in [5, 5.41) is 0. The van der Waals surface area contributed by atoms with Crippen LogP contribution in [0.1, 0.15) is 70.5 Å². The molecule has 1 fully saturated rings. The normalized spacial score (nSPS) is 17.2. The van der Waals surface area contributed by atoms with E-state index in [-0.39, 0.29) is 28.4 Å². The molecule has 7 heteroatoms. The van der Waals surface area contributed by atoms with Gasteiger partial charge in [0.1, 0.15) is 0 Å². The zero-order valence-corrected chi connectivity index (χ0v) is 23.7. The molecule has 2 atom stereocenters. The lowest BCUT2D eigenvalue weighted by Gasteiger charge is -2.29. The molecule has 0 amide bonds. The van der Waals surface area contributed by atoms with Gasteiger partial charge in [-0.25, -0.2) is 13.2 Å². The van der Waals surface area contributed by atoms with Crippen LogP contribution in [0.2, 0.25) is 0 Å². The van der Waals surface area contributed by atoms with Gasteiger partial charge < -0.3 is 14.2 Å². The van der Waals surface area contributed by atoms with Gasteiger partial charge in [-0.05, 0) is 49.4 Å². The first-order valence-electron chi connectivity index (χ1n) is 14.5. The number of allylic oxidation sites excluding steroid dienone is 1. The molecule has 4 rings (SSSR count). The molecule has 3 aromatic carbocycles. The molecule has 0 bridgehead atoms. The molecule has 0 radical (unpaired) electrons. The molecule has 41 heavy (non-hydrogen) atoms. The Kier molecular flexibility index (Phi) is 11.3. The van der Waals surface area contributed by atoms with Crippen LogP contribution < -0.4 is 4.74 Å². The standard InChI is InChI=1S/C34H38F4O3/c1-3-5-6-7-8-20-40-30-18-16-27(32(36)34(30)38)25-12-10-24(11-13-25)26-14-15-28(33(37)31(26)35)29-17-9-23(22-41-29)21-39-19-4-2/h4,10-16,18-19,23,29H,3,5-9,17,20-22H2,1-2H3/b19-4+. The minimum absolute atomic E-state index is 0.0650. The summed E-state index contributed by atoms with van der Waals surface area (Å²) in [5.41, 5.74) is 1.18. The van der Waals surface area contributed by atoms with Gasteiger partial charge in [0.05, 0.1) is 32.2 Å². The SMILES string of the molecule is C/C=C/OCC1CCC(c2ccc(-c3ccc(-c4ccc(OCCCCCCC)c(F)c4F)cc3)c(F)c2F)OC1. The van der Waals surface area contributed by atoms with Crippen molar-refractivity contribution < 1.29 is 31.8 Å². The van der Waals surface area contributed by atoms with Crippen LogP contribution in [0.25, 0.3) is 22.3 Å². The first-order valence-corrected chi connectivity index (χ1v) is 14.5. The molecule has 1 aliphatic heterocycles. The number of rotatable bonds is 13. The summed E-state index contributed by atoms with van der Waals surface area (Å²) in [6, 6.07) is 12.2. The molecule has 0 spiro atoms. The Balaban J connectivity index is 1.41. The van der Waals surface area contributed by atoms with Gasteiger partial charge in [-0.1, -0.05) is 75.1 Å². The fourth-order valence-electron chi connectivity index (χ4n) is 5.09. The molecule has 1 aliphatic rings. The molecule has 0 N–H and O–H groups in total. The Morgan fingerprint density at radius 3 is 2.07 bits per heavy atom. The number of benzene rings is 3.